The van der Waals surface area contributed by atoms with Crippen LogP contribution in [0.2, 0.25) is 0 Å². The standard InChI is InChI=1S/C12H18O3/c1-3-9(4-2)12(14)11(13)8-10-6-5-7-15-10/h5-7,9,12,14H,3-4,8H2,1-2H3. The van der Waals surface area contributed by atoms with Crippen molar-refractivity contribution in [1.82, 2.24) is 0 Å². The Morgan fingerprint density at radius 2 is 2.13 bits per heavy atom. The van der Waals surface area contributed by atoms with E-state index in [1.807, 2.05) is 13.8 Å². The molecule has 0 saturated heterocycles. The van der Waals surface area contributed by atoms with Crippen LogP contribution in [-0.2, 0) is 11.2 Å². The summed E-state index contributed by atoms with van der Waals surface area (Å²) in [6, 6.07) is 3.49. The molecule has 0 spiro atoms. The third-order valence-electron chi connectivity index (χ3n) is 2.75. The van der Waals surface area contributed by atoms with Crippen LogP contribution in [0.3, 0.4) is 0 Å². The minimum atomic E-state index is -0.856. The summed E-state index contributed by atoms with van der Waals surface area (Å²) < 4.78 is 5.07. The van der Waals surface area contributed by atoms with Gasteiger partial charge in [0.15, 0.2) is 5.78 Å². The summed E-state index contributed by atoms with van der Waals surface area (Å²) in [7, 11) is 0. The van der Waals surface area contributed by atoms with Crippen molar-refractivity contribution in [2.45, 2.75) is 39.2 Å². The van der Waals surface area contributed by atoms with Gasteiger partial charge in [0.1, 0.15) is 11.9 Å². The number of ketones is 1. The topological polar surface area (TPSA) is 50.4 Å². The van der Waals surface area contributed by atoms with E-state index in [1.54, 1.807) is 12.1 Å². The molecule has 0 fully saturated rings. The van der Waals surface area contributed by atoms with E-state index in [0.717, 1.165) is 12.8 Å². The highest BCUT2D eigenvalue weighted by Crippen LogP contribution is 2.15. The van der Waals surface area contributed by atoms with E-state index in [4.69, 9.17) is 4.42 Å². The van der Waals surface area contributed by atoms with Crippen molar-refractivity contribution >= 4 is 5.78 Å². The Hall–Kier alpha value is -1.09. The molecule has 1 N–H and O–H groups in total. The molecule has 0 bridgehead atoms. The molecule has 0 radical (unpaired) electrons. The maximum Gasteiger partial charge on any atom is 0.169 e. The van der Waals surface area contributed by atoms with E-state index in [9.17, 15) is 9.90 Å². The fourth-order valence-corrected chi connectivity index (χ4v) is 1.69. The summed E-state index contributed by atoms with van der Waals surface area (Å²) in [6.45, 7) is 3.97. The van der Waals surface area contributed by atoms with E-state index in [1.165, 1.54) is 6.26 Å². The minimum absolute atomic E-state index is 0.0625. The lowest BCUT2D eigenvalue weighted by atomic mass is 9.92. The van der Waals surface area contributed by atoms with Crippen molar-refractivity contribution in [3.63, 3.8) is 0 Å². The van der Waals surface area contributed by atoms with Crippen molar-refractivity contribution in [2.24, 2.45) is 5.92 Å². The van der Waals surface area contributed by atoms with Gasteiger partial charge in [0.05, 0.1) is 12.7 Å². The van der Waals surface area contributed by atoms with Gasteiger partial charge in [-0.15, -0.1) is 0 Å². The summed E-state index contributed by atoms with van der Waals surface area (Å²) in [5, 5.41) is 9.79. The van der Waals surface area contributed by atoms with Gasteiger partial charge in [-0.3, -0.25) is 4.79 Å². The first kappa shape index (κ1) is 12.0. The number of aliphatic hydroxyl groups excluding tert-OH is 1. The molecule has 1 rings (SSSR count). The zero-order valence-electron chi connectivity index (χ0n) is 9.27. The predicted octanol–water partition coefficient (Wildman–Crippen LogP) is 2.19. The normalized spacial score (nSPS) is 13.1. The van der Waals surface area contributed by atoms with Crippen LogP contribution in [0, 0.1) is 5.92 Å². The van der Waals surface area contributed by atoms with Crippen molar-refractivity contribution in [3.8, 4) is 0 Å². The third-order valence-corrected chi connectivity index (χ3v) is 2.75. The lowest BCUT2D eigenvalue weighted by Gasteiger charge is -2.18. The fourth-order valence-electron chi connectivity index (χ4n) is 1.69. The van der Waals surface area contributed by atoms with E-state index < -0.39 is 6.10 Å². The average molecular weight is 210 g/mol. The smallest absolute Gasteiger partial charge is 0.169 e. The number of furan rings is 1. The van der Waals surface area contributed by atoms with Crippen LogP contribution < -0.4 is 0 Å². The Morgan fingerprint density at radius 3 is 2.60 bits per heavy atom. The number of aliphatic hydroxyl groups is 1. The first-order valence-corrected chi connectivity index (χ1v) is 5.42. The molecule has 1 unspecified atom stereocenters. The Balaban J connectivity index is 2.53. The first-order chi connectivity index (χ1) is 7.19. The second-order valence-corrected chi connectivity index (χ2v) is 3.74. The largest absolute Gasteiger partial charge is 0.469 e. The van der Waals surface area contributed by atoms with Crippen LogP contribution in [0.5, 0.6) is 0 Å². The van der Waals surface area contributed by atoms with Crippen LogP contribution in [0.4, 0.5) is 0 Å². The molecule has 3 nitrogen and oxygen atoms in total. The highest BCUT2D eigenvalue weighted by Gasteiger charge is 2.23. The number of Topliss-reactive ketones (excluding diaryl/α,β-unsaturated/α-hetero) is 1. The third kappa shape index (κ3) is 3.20. The maximum absolute atomic E-state index is 11.7. The zero-order valence-corrected chi connectivity index (χ0v) is 9.27. The molecular weight excluding hydrogens is 192 g/mol. The maximum atomic E-state index is 11.7. The summed E-state index contributed by atoms with van der Waals surface area (Å²) in [5.41, 5.74) is 0. The van der Waals surface area contributed by atoms with Crippen molar-refractivity contribution < 1.29 is 14.3 Å². The monoisotopic (exact) mass is 210 g/mol. The summed E-state index contributed by atoms with van der Waals surface area (Å²) in [6.07, 6.45) is 2.50. The van der Waals surface area contributed by atoms with Crippen LogP contribution in [0.15, 0.2) is 22.8 Å². The van der Waals surface area contributed by atoms with Crippen LogP contribution in [-0.4, -0.2) is 17.0 Å². The molecule has 3 heteroatoms. The van der Waals surface area contributed by atoms with Gasteiger partial charge >= 0.3 is 0 Å². The molecule has 0 aliphatic rings. The number of hydrogen-bond acceptors (Lipinski definition) is 3. The van der Waals surface area contributed by atoms with Crippen molar-refractivity contribution in [2.75, 3.05) is 0 Å². The van der Waals surface area contributed by atoms with Crippen LogP contribution in [0.1, 0.15) is 32.4 Å². The quantitative estimate of drug-likeness (QED) is 0.783. The van der Waals surface area contributed by atoms with Gasteiger partial charge < -0.3 is 9.52 Å². The molecule has 1 heterocycles. The zero-order chi connectivity index (χ0) is 11.3. The molecular formula is C12H18O3. The van der Waals surface area contributed by atoms with Gasteiger partial charge in [-0.2, -0.15) is 0 Å². The summed E-state index contributed by atoms with van der Waals surface area (Å²) in [4.78, 5) is 11.7. The molecule has 1 atom stereocenters. The molecule has 0 aliphatic carbocycles. The van der Waals surface area contributed by atoms with Crippen LogP contribution >= 0.6 is 0 Å². The molecule has 0 aliphatic heterocycles. The molecule has 84 valence electrons. The number of hydrogen-bond donors (Lipinski definition) is 1. The molecule has 1 aromatic heterocycles. The fraction of sp³-hybridized carbons (Fsp3) is 0.583. The number of carbonyl (C=O) groups excluding carboxylic acids is 1. The lowest BCUT2D eigenvalue weighted by Crippen LogP contribution is -2.30. The Kier molecular flexibility index (Phi) is 4.56. The molecule has 0 amide bonds. The molecule has 0 aromatic carbocycles. The van der Waals surface area contributed by atoms with Gasteiger partial charge in [-0.05, 0) is 18.1 Å². The van der Waals surface area contributed by atoms with Gasteiger partial charge in [0.2, 0.25) is 0 Å². The Labute approximate surface area is 90.1 Å². The summed E-state index contributed by atoms with van der Waals surface area (Å²) >= 11 is 0. The predicted molar refractivity (Wildman–Crippen MR) is 57.5 cm³/mol. The van der Waals surface area contributed by atoms with Gasteiger partial charge in [0.25, 0.3) is 0 Å². The lowest BCUT2D eigenvalue weighted by molar-refractivity contribution is -0.129. The summed E-state index contributed by atoms with van der Waals surface area (Å²) in [5.74, 6) is 0.524. The van der Waals surface area contributed by atoms with Gasteiger partial charge in [-0.25, -0.2) is 0 Å². The molecule has 0 saturated carbocycles. The Morgan fingerprint density at radius 1 is 1.47 bits per heavy atom. The highest BCUT2D eigenvalue weighted by molar-refractivity contribution is 5.84. The highest BCUT2D eigenvalue weighted by atomic mass is 16.3. The number of rotatable bonds is 6. The van der Waals surface area contributed by atoms with E-state index >= 15 is 0 Å². The minimum Gasteiger partial charge on any atom is -0.469 e. The molecule has 15 heavy (non-hydrogen) atoms. The van der Waals surface area contributed by atoms with E-state index in [0.29, 0.717) is 5.76 Å². The van der Waals surface area contributed by atoms with Crippen LogP contribution in [0.25, 0.3) is 0 Å². The van der Waals surface area contributed by atoms with Crippen molar-refractivity contribution in [1.29, 1.82) is 0 Å². The van der Waals surface area contributed by atoms with E-state index in [-0.39, 0.29) is 18.1 Å². The number of carbonyl (C=O) groups is 1. The van der Waals surface area contributed by atoms with Gasteiger partial charge in [0, 0.05) is 0 Å². The van der Waals surface area contributed by atoms with Gasteiger partial charge in [-0.1, -0.05) is 26.7 Å². The second-order valence-electron chi connectivity index (χ2n) is 3.74. The Bertz CT molecular complexity index is 286. The van der Waals surface area contributed by atoms with E-state index in [2.05, 4.69) is 0 Å². The molecule has 1 aromatic rings. The first-order valence-electron chi connectivity index (χ1n) is 5.42. The second kappa shape index (κ2) is 5.71. The SMILES string of the molecule is CCC(CC)C(O)C(=O)Cc1ccco1. The average Bonchev–Trinajstić information content (AvgIpc) is 2.72. The van der Waals surface area contributed by atoms with Crippen molar-refractivity contribution in [3.05, 3.63) is 24.2 Å².